The molecule has 0 aliphatic carbocycles. The minimum Gasteiger partial charge on any atom is -0.455 e. The van der Waals surface area contributed by atoms with Crippen LogP contribution in [0.4, 0.5) is 0 Å². The lowest BCUT2D eigenvalue weighted by molar-refractivity contribution is 0.669. The van der Waals surface area contributed by atoms with Gasteiger partial charge < -0.3 is 4.42 Å². The highest BCUT2D eigenvalue weighted by Gasteiger charge is 2.21. The predicted molar refractivity (Wildman–Crippen MR) is 207 cm³/mol. The third-order valence-corrected chi connectivity index (χ3v) is 10.5. The molecule has 3 heterocycles. The van der Waals surface area contributed by atoms with Crippen LogP contribution in [-0.4, -0.2) is 15.0 Å². The molecule has 0 N–H and O–H groups in total. The molecule has 0 bridgehead atoms. The predicted octanol–water partition coefficient (Wildman–Crippen LogP) is 12.5. The Balaban J connectivity index is 1.26. The van der Waals surface area contributed by atoms with Crippen LogP contribution in [0.15, 0.2) is 168 Å². The van der Waals surface area contributed by atoms with Crippen LogP contribution in [0.2, 0.25) is 0 Å². The van der Waals surface area contributed by atoms with Gasteiger partial charge in [0.1, 0.15) is 11.2 Å². The van der Waals surface area contributed by atoms with E-state index in [4.69, 9.17) is 19.4 Å². The Kier molecular flexibility index (Phi) is 6.64. The second kappa shape index (κ2) is 11.6. The molecule has 0 fully saturated rings. The van der Waals surface area contributed by atoms with Gasteiger partial charge in [0.15, 0.2) is 17.5 Å². The number of hydrogen-bond acceptors (Lipinski definition) is 5. The number of benzene rings is 7. The van der Waals surface area contributed by atoms with Crippen LogP contribution in [0, 0.1) is 0 Å². The van der Waals surface area contributed by atoms with Crippen molar-refractivity contribution >= 4 is 53.4 Å². The molecule has 4 nitrogen and oxygen atoms in total. The number of hydrogen-bond donors (Lipinski definition) is 0. The zero-order valence-electron chi connectivity index (χ0n) is 26.7. The van der Waals surface area contributed by atoms with Crippen molar-refractivity contribution in [2.75, 3.05) is 0 Å². The summed E-state index contributed by atoms with van der Waals surface area (Å²) in [5, 5.41) is 4.45. The van der Waals surface area contributed by atoms with Crippen LogP contribution in [0.1, 0.15) is 0 Å². The number of fused-ring (bicyclic) bond motifs is 6. The first kappa shape index (κ1) is 28.6. The third-order valence-electron chi connectivity index (χ3n) is 9.34. The van der Waals surface area contributed by atoms with E-state index in [0.29, 0.717) is 17.5 Å². The van der Waals surface area contributed by atoms with E-state index in [2.05, 4.69) is 115 Å². The van der Waals surface area contributed by atoms with Crippen LogP contribution in [-0.2, 0) is 0 Å². The summed E-state index contributed by atoms with van der Waals surface area (Å²) in [4.78, 5) is 15.6. The highest BCUT2D eigenvalue weighted by molar-refractivity contribution is 7.26. The van der Waals surface area contributed by atoms with Gasteiger partial charge in [0.25, 0.3) is 0 Å². The molecular formula is C45H27N3OS. The van der Waals surface area contributed by atoms with Gasteiger partial charge in [-0.3, -0.25) is 0 Å². The SMILES string of the molecule is c1ccc(-c2cc(-c3nc(-c4ccccc4)nc(-c4cccc5c4oc4cccc(-c6ccccc6)c45)n3)c3c(c2)sc2ccccc23)cc1. The molecule has 0 unspecified atom stereocenters. The summed E-state index contributed by atoms with van der Waals surface area (Å²) in [6.45, 7) is 0. The number of para-hydroxylation sites is 1. The van der Waals surface area contributed by atoms with Crippen LogP contribution in [0.3, 0.4) is 0 Å². The van der Waals surface area contributed by atoms with Gasteiger partial charge in [0.05, 0.1) is 5.56 Å². The molecule has 0 spiro atoms. The summed E-state index contributed by atoms with van der Waals surface area (Å²) in [5.74, 6) is 1.80. The maximum atomic E-state index is 6.69. The molecule has 50 heavy (non-hydrogen) atoms. The highest BCUT2D eigenvalue weighted by atomic mass is 32.1. The lowest BCUT2D eigenvalue weighted by Crippen LogP contribution is -2.01. The van der Waals surface area contributed by atoms with Gasteiger partial charge in [-0.2, -0.15) is 0 Å². The maximum Gasteiger partial charge on any atom is 0.167 e. The molecule has 0 amide bonds. The van der Waals surface area contributed by atoms with Crippen molar-refractivity contribution < 1.29 is 4.42 Å². The van der Waals surface area contributed by atoms with Gasteiger partial charge in [0.2, 0.25) is 0 Å². The average Bonchev–Trinajstić information content (AvgIpc) is 3.77. The van der Waals surface area contributed by atoms with Crippen LogP contribution < -0.4 is 0 Å². The Morgan fingerprint density at radius 3 is 1.76 bits per heavy atom. The quantitative estimate of drug-likeness (QED) is 0.185. The lowest BCUT2D eigenvalue weighted by atomic mass is 9.98. The van der Waals surface area contributed by atoms with E-state index in [-0.39, 0.29) is 0 Å². The zero-order chi connectivity index (χ0) is 33.0. The standard InChI is InChI=1S/C45H27N3OS/c1-4-14-28(15-5-1)31-26-36(41-33-20-10-11-25-38(33)50-39(41)27-31)45-47-43(30-18-8-3-9-19-30)46-44(48-45)35-23-12-22-34-40-32(29-16-6-2-7-17-29)21-13-24-37(40)49-42(34)35/h1-27H. The fourth-order valence-electron chi connectivity index (χ4n) is 7.04. The van der Waals surface area contributed by atoms with E-state index in [1.54, 1.807) is 11.3 Å². The Morgan fingerprint density at radius 1 is 0.380 bits per heavy atom. The van der Waals surface area contributed by atoms with E-state index in [9.17, 15) is 0 Å². The number of furan rings is 1. The molecule has 5 heteroatoms. The second-order valence-corrected chi connectivity index (χ2v) is 13.4. The normalized spacial score (nSPS) is 11.6. The first-order valence-electron chi connectivity index (χ1n) is 16.6. The first-order valence-corrected chi connectivity index (χ1v) is 17.4. The fraction of sp³-hybridized carbons (Fsp3) is 0. The van der Waals surface area contributed by atoms with E-state index in [0.717, 1.165) is 66.3 Å². The van der Waals surface area contributed by atoms with Crippen molar-refractivity contribution in [1.82, 2.24) is 15.0 Å². The Labute approximate surface area is 292 Å². The molecular weight excluding hydrogens is 631 g/mol. The summed E-state index contributed by atoms with van der Waals surface area (Å²) in [7, 11) is 0. The molecule has 10 aromatic rings. The Morgan fingerprint density at radius 2 is 0.980 bits per heavy atom. The van der Waals surface area contributed by atoms with Crippen molar-refractivity contribution in [3.8, 4) is 56.4 Å². The minimum atomic E-state index is 0.567. The van der Waals surface area contributed by atoms with Gasteiger partial charge in [-0.1, -0.05) is 133 Å². The maximum absolute atomic E-state index is 6.69. The van der Waals surface area contributed by atoms with E-state index >= 15 is 0 Å². The van der Waals surface area contributed by atoms with Crippen LogP contribution in [0.25, 0.3) is 98.5 Å². The van der Waals surface area contributed by atoms with Crippen molar-refractivity contribution in [3.05, 3.63) is 164 Å². The van der Waals surface area contributed by atoms with E-state index in [1.165, 1.54) is 14.8 Å². The van der Waals surface area contributed by atoms with Crippen molar-refractivity contribution in [1.29, 1.82) is 0 Å². The van der Waals surface area contributed by atoms with Gasteiger partial charge in [0, 0.05) is 42.1 Å². The molecule has 7 aromatic carbocycles. The molecule has 0 aliphatic rings. The topological polar surface area (TPSA) is 51.8 Å². The van der Waals surface area contributed by atoms with E-state index < -0.39 is 0 Å². The lowest BCUT2D eigenvalue weighted by Gasteiger charge is -2.12. The van der Waals surface area contributed by atoms with Gasteiger partial charge >= 0.3 is 0 Å². The number of nitrogens with zero attached hydrogens (tertiary/aromatic N) is 3. The summed E-state index contributed by atoms with van der Waals surface area (Å²) >= 11 is 1.80. The van der Waals surface area contributed by atoms with Gasteiger partial charge in [-0.15, -0.1) is 11.3 Å². The number of rotatable bonds is 5. The summed E-state index contributed by atoms with van der Waals surface area (Å²) in [6.07, 6.45) is 0. The zero-order valence-corrected chi connectivity index (χ0v) is 27.6. The summed E-state index contributed by atoms with van der Waals surface area (Å²) in [6, 6.07) is 56.7. The molecule has 10 rings (SSSR count). The molecule has 3 aromatic heterocycles. The molecule has 0 atom stereocenters. The third kappa shape index (κ3) is 4.71. The van der Waals surface area contributed by atoms with Crippen molar-refractivity contribution in [3.63, 3.8) is 0 Å². The number of aromatic nitrogens is 3. The molecule has 234 valence electrons. The second-order valence-electron chi connectivity index (χ2n) is 12.4. The fourth-order valence-corrected chi connectivity index (χ4v) is 8.21. The minimum absolute atomic E-state index is 0.567. The van der Waals surface area contributed by atoms with E-state index in [1.807, 2.05) is 48.5 Å². The monoisotopic (exact) mass is 657 g/mol. The largest absolute Gasteiger partial charge is 0.455 e. The molecule has 0 radical (unpaired) electrons. The smallest absolute Gasteiger partial charge is 0.167 e. The molecule has 0 saturated carbocycles. The van der Waals surface area contributed by atoms with Crippen LogP contribution >= 0.6 is 11.3 Å². The average molecular weight is 658 g/mol. The summed E-state index contributed by atoms with van der Waals surface area (Å²) in [5.41, 5.74) is 8.84. The number of thiophene rings is 1. The van der Waals surface area contributed by atoms with Crippen LogP contribution in [0.5, 0.6) is 0 Å². The Bertz CT molecular complexity index is 2860. The summed E-state index contributed by atoms with van der Waals surface area (Å²) < 4.78 is 9.11. The van der Waals surface area contributed by atoms with Crippen molar-refractivity contribution in [2.45, 2.75) is 0 Å². The highest BCUT2D eigenvalue weighted by Crippen LogP contribution is 2.44. The van der Waals surface area contributed by atoms with Crippen molar-refractivity contribution in [2.24, 2.45) is 0 Å². The van der Waals surface area contributed by atoms with Gasteiger partial charge in [-0.05, 0) is 52.6 Å². The molecule has 0 aliphatic heterocycles. The molecule has 0 saturated heterocycles. The van der Waals surface area contributed by atoms with Gasteiger partial charge in [-0.25, -0.2) is 15.0 Å². The first-order chi connectivity index (χ1) is 24.8. The Hall–Kier alpha value is -6.43.